The molecule has 29 heavy (non-hydrogen) atoms. The Morgan fingerprint density at radius 3 is 2.59 bits per heavy atom. The molecule has 154 valence electrons. The number of rotatable bonds is 3. The summed E-state index contributed by atoms with van der Waals surface area (Å²) in [6.07, 6.45) is 2.99. The molecule has 3 heterocycles. The zero-order chi connectivity index (χ0) is 19.8. The number of nitrogens with zero attached hydrogens (tertiary/aromatic N) is 3. The van der Waals surface area contributed by atoms with Gasteiger partial charge < -0.3 is 19.7 Å². The highest BCUT2D eigenvalue weighted by molar-refractivity contribution is 5.98. The summed E-state index contributed by atoms with van der Waals surface area (Å²) >= 11 is 0. The Hall–Kier alpha value is -2.22. The highest BCUT2D eigenvalue weighted by Crippen LogP contribution is 2.39. The monoisotopic (exact) mass is 396 g/mol. The van der Waals surface area contributed by atoms with E-state index in [1.807, 2.05) is 35.2 Å². The highest BCUT2D eigenvalue weighted by atomic mass is 16.5. The van der Waals surface area contributed by atoms with Crippen LogP contribution in [0.4, 0.5) is 0 Å². The average Bonchev–Trinajstić information content (AvgIpc) is 3.41. The van der Waals surface area contributed by atoms with E-state index < -0.39 is 0 Å². The van der Waals surface area contributed by atoms with E-state index in [0.29, 0.717) is 29.8 Å². The maximum absolute atomic E-state index is 13.3. The predicted molar refractivity (Wildman–Crippen MR) is 108 cm³/mol. The Balaban J connectivity index is 1.30. The largest absolute Gasteiger partial charge is 0.391 e. The third kappa shape index (κ3) is 3.58. The number of morpholine rings is 1. The number of nitrogens with one attached hydrogen (secondary N) is 1. The lowest BCUT2D eigenvalue weighted by molar-refractivity contribution is -0.0520. The summed E-state index contributed by atoms with van der Waals surface area (Å²) in [6.45, 7) is 4.72. The number of fused-ring (bicyclic) bond motifs is 1. The van der Waals surface area contributed by atoms with Crippen molar-refractivity contribution in [3.05, 3.63) is 42.4 Å². The first-order chi connectivity index (χ1) is 14.2. The van der Waals surface area contributed by atoms with Crippen LogP contribution < -0.4 is 0 Å². The van der Waals surface area contributed by atoms with E-state index in [1.165, 1.54) is 0 Å². The molecule has 7 heteroatoms. The third-order valence-electron chi connectivity index (χ3n) is 6.81. The van der Waals surface area contributed by atoms with Gasteiger partial charge in [-0.1, -0.05) is 30.3 Å². The number of aliphatic hydroxyl groups excluding tert-OH is 1. The van der Waals surface area contributed by atoms with Gasteiger partial charge in [-0.3, -0.25) is 9.69 Å². The van der Waals surface area contributed by atoms with Crippen molar-refractivity contribution in [1.82, 2.24) is 19.8 Å². The second kappa shape index (κ2) is 7.89. The normalized spacial score (nSPS) is 30.3. The van der Waals surface area contributed by atoms with Gasteiger partial charge in [0.15, 0.2) is 0 Å². The Morgan fingerprint density at radius 2 is 1.83 bits per heavy atom. The molecule has 2 saturated heterocycles. The number of amides is 1. The van der Waals surface area contributed by atoms with Crippen molar-refractivity contribution in [2.75, 3.05) is 39.4 Å². The van der Waals surface area contributed by atoms with E-state index in [1.54, 1.807) is 6.33 Å². The number of imidazole rings is 1. The molecule has 4 atom stereocenters. The average molecular weight is 396 g/mol. The van der Waals surface area contributed by atoms with Gasteiger partial charge in [0.05, 0.1) is 25.6 Å². The van der Waals surface area contributed by atoms with Crippen molar-refractivity contribution in [3.8, 4) is 11.3 Å². The number of aromatic nitrogens is 2. The van der Waals surface area contributed by atoms with Gasteiger partial charge >= 0.3 is 0 Å². The summed E-state index contributed by atoms with van der Waals surface area (Å²) in [5.74, 6) is 0.820. The highest BCUT2D eigenvalue weighted by Gasteiger charge is 2.45. The zero-order valence-corrected chi connectivity index (χ0v) is 16.5. The van der Waals surface area contributed by atoms with Crippen LogP contribution in [0.2, 0.25) is 0 Å². The number of ether oxygens (including phenoxy) is 1. The van der Waals surface area contributed by atoms with Gasteiger partial charge in [0.25, 0.3) is 5.91 Å². The van der Waals surface area contributed by atoms with E-state index in [0.717, 1.165) is 51.3 Å². The van der Waals surface area contributed by atoms with E-state index in [9.17, 15) is 9.90 Å². The van der Waals surface area contributed by atoms with Gasteiger partial charge in [-0.05, 0) is 24.7 Å². The van der Waals surface area contributed by atoms with Crippen LogP contribution in [0.25, 0.3) is 11.3 Å². The fourth-order valence-electron chi connectivity index (χ4n) is 5.31. The summed E-state index contributed by atoms with van der Waals surface area (Å²) in [5.41, 5.74) is 2.20. The number of likely N-dealkylation sites (tertiary alicyclic amines) is 1. The zero-order valence-electron chi connectivity index (χ0n) is 16.5. The molecule has 2 aliphatic heterocycles. The van der Waals surface area contributed by atoms with Crippen molar-refractivity contribution in [2.24, 2.45) is 11.8 Å². The molecule has 7 nitrogen and oxygen atoms in total. The second-order valence-corrected chi connectivity index (χ2v) is 8.48. The lowest BCUT2D eigenvalue weighted by Crippen LogP contribution is -2.53. The summed E-state index contributed by atoms with van der Waals surface area (Å²) in [5, 5.41) is 10.8. The van der Waals surface area contributed by atoms with E-state index in [4.69, 9.17) is 4.74 Å². The van der Waals surface area contributed by atoms with Crippen molar-refractivity contribution in [3.63, 3.8) is 0 Å². The fraction of sp³-hybridized carbons (Fsp3) is 0.545. The topological polar surface area (TPSA) is 81.7 Å². The number of H-pyrrole nitrogens is 1. The molecule has 0 unspecified atom stereocenters. The van der Waals surface area contributed by atoms with Crippen LogP contribution in [0.3, 0.4) is 0 Å². The molecule has 3 fully saturated rings. The number of aliphatic hydroxyl groups is 1. The Kier molecular flexibility index (Phi) is 5.11. The van der Waals surface area contributed by atoms with E-state index in [-0.39, 0.29) is 18.1 Å². The molecule has 5 rings (SSSR count). The minimum Gasteiger partial charge on any atom is -0.391 e. The molecule has 1 aromatic carbocycles. The molecular weight excluding hydrogens is 368 g/mol. The van der Waals surface area contributed by atoms with Gasteiger partial charge in [-0.25, -0.2) is 4.98 Å². The SMILES string of the molecule is O=C(c1[nH]cnc1-c1ccccc1)N1C[C@H]2C[C@@H](N3CCOCC3)[C@H](O)C[C@H]2C1. The van der Waals surface area contributed by atoms with Crippen LogP contribution in [0, 0.1) is 11.8 Å². The number of benzene rings is 1. The number of carbonyl (C=O) groups is 1. The molecular formula is C22H28N4O3. The standard InChI is InChI=1S/C22H28N4O3/c27-19-11-17-13-26(12-16(17)10-18(19)25-6-8-29-9-7-25)22(28)21-20(23-14-24-21)15-4-2-1-3-5-15/h1-5,14,16-19,27H,6-13H2,(H,23,24)/t16-,17+,18-,19-/m1/s1. The van der Waals surface area contributed by atoms with E-state index in [2.05, 4.69) is 14.9 Å². The molecule has 0 spiro atoms. The molecule has 1 aromatic heterocycles. The minimum atomic E-state index is -0.323. The Bertz CT molecular complexity index is 849. The van der Waals surface area contributed by atoms with Crippen LogP contribution in [0.5, 0.6) is 0 Å². The molecule has 0 radical (unpaired) electrons. The van der Waals surface area contributed by atoms with Gasteiger partial charge in [0, 0.05) is 37.8 Å². The van der Waals surface area contributed by atoms with Gasteiger partial charge in [-0.2, -0.15) is 0 Å². The van der Waals surface area contributed by atoms with Crippen molar-refractivity contribution < 1.29 is 14.6 Å². The number of hydrogen-bond donors (Lipinski definition) is 2. The van der Waals surface area contributed by atoms with Gasteiger partial charge in [0.2, 0.25) is 0 Å². The number of aromatic amines is 1. The molecule has 1 saturated carbocycles. The predicted octanol–water partition coefficient (Wildman–Crippen LogP) is 1.62. The van der Waals surface area contributed by atoms with Crippen LogP contribution in [0.1, 0.15) is 23.3 Å². The number of carbonyl (C=O) groups excluding carboxylic acids is 1. The summed E-state index contributed by atoms with van der Waals surface area (Å²) < 4.78 is 5.46. The van der Waals surface area contributed by atoms with Crippen LogP contribution in [-0.4, -0.2) is 82.3 Å². The first kappa shape index (κ1) is 18.8. The van der Waals surface area contributed by atoms with Crippen LogP contribution in [-0.2, 0) is 4.74 Å². The van der Waals surface area contributed by atoms with E-state index >= 15 is 0 Å². The summed E-state index contributed by atoms with van der Waals surface area (Å²) in [4.78, 5) is 25.0. The molecule has 2 aromatic rings. The molecule has 0 bridgehead atoms. The lowest BCUT2D eigenvalue weighted by atomic mass is 9.77. The molecule has 1 aliphatic carbocycles. The molecule has 2 N–H and O–H groups in total. The first-order valence-corrected chi connectivity index (χ1v) is 10.6. The molecule has 3 aliphatic rings. The maximum atomic E-state index is 13.3. The summed E-state index contributed by atoms with van der Waals surface area (Å²) in [7, 11) is 0. The van der Waals surface area contributed by atoms with Crippen molar-refractivity contribution in [1.29, 1.82) is 0 Å². The van der Waals surface area contributed by atoms with Crippen LogP contribution in [0.15, 0.2) is 36.7 Å². The maximum Gasteiger partial charge on any atom is 0.272 e. The lowest BCUT2D eigenvalue weighted by Gasteiger charge is -2.43. The van der Waals surface area contributed by atoms with Gasteiger partial charge in [0.1, 0.15) is 11.4 Å². The first-order valence-electron chi connectivity index (χ1n) is 10.6. The molecule has 1 amide bonds. The van der Waals surface area contributed by atoms with Crippen molar-refractivity contribution >= 4 is 5.91 Å². The smallest absolute Gasteiger partial charge is 0.272 e. The Morgan fingerprint density at radius 1 is 1.10 bits per heavy atom. The quantitative estimate of drug-likeness (QED) is 0.824. The second-order valence-electron chi connectivity index (χ2n) is 8.48. The van der Waals surface area contributed by atoms with Gasteiger partial charge in [-0.15, -0.1) is 0 Å². The number of hydrogen-bond acceptors (Lipinski definition) is 5. The summed E-state index contributed by atoms with van der Waals surface area (Å²) in [6, 6.07) is 9.99. The van der Waals surface area contributed by atoms with Crippen LogP contribution >= 0.6 is 0 Å². The third-order valence-corrected chi connectivity index (χ3v) is 6.81. The van der Waals surface area contributed by atoms with Crippen molar-refractivity contribution in [2.45, 2.75) is 25.0 Å². The Labute approximate surface area is 170 Å². The fourth-order valence-corrected chi connectivity index (χ4v) is 5.31. The minimum absolute atomic E-state index is 0.00756.